The van der Waals surface area contributed by atoms with Crippen molar-refractivity contribution < 1.29 is 14.0 Å². The molecule has 0 radical (unpaired) electrons. The van der Waals surface area contributed by atoms with Crippen molar-refractivity contribution in [2.24, 2.45) is 23.5 Å². The van der Waals surface area contributed by atoms with Crippen LogP contribution in [0.5, 0.6) is 0 Å². The fourth-order valence-electron chi connectivity index (χ4n) is 4.55. The number of hydrogen-bond donors (Lipinski definition) is 2. The van der Waals surface area contributed by atoms with Crippen molar-refractivity contribution in [3.8, 4) is 0 Å². The molecule has 7 heteroatoms. The van der Waals surface area contributed by atoms with Crippen molar-refractivity contribution >= 4 is 17.5 Å². The van der Waals surface area contributed by atoms with E-state index in [1.165, 1.54) is 12.1 Å². The minimum Gasteiger partial charge on any atom is -0.341 e. The second-order valence-electron chi connectivity index (χ2n) is 8.87. The van der Waals surface area contributed by atoms with Crippen molar-refractivity contribution in [1.29, 1.82) is 0 Å². The molecular formula is C22H33FN4O2. The number of amides is 2. The van der Waals surface area contributed by atoms with Gasteiger partial charge in [-0.15, -0.1) is 0 Å². The number of likely N-dealkylation sites (tertiary alicyclic amines) is 2. The number of carbonyl (C=O) groups is 2. The predicted molar refractivity (Wildman–Crippen MR) is 112 cm³/mol. The Bertz CT molecular complexity index is 716. The number of anilines is 1. The molecule has 1 aromatic rings. The van der Waals surface area contributed by atoms with Gasteiger partial charge in [0, 0.05) is 31.4 Å². The van der Waals surface area contributed by atoms with Crippen LogP contribution in [0.3, 0.4) is 0 Å². The van der Waals surface area contributed by atoms with E-state index in [9.17, 15) is 14.0 Å². The van der Waals surface area contributed by atoms with Crippen LogP contribution < -0.4 is 11.1 Å². The number of piperidine rings is 1. The maximum atomic E-state index is 13.0. The highest BCUT2D eigenvalue weighted by atomic mass is 19.1. The molecule has 0 bridgehead atoms. The monoisotopic (exact) mass is 404 g/mol. The van der Waals surface area contributed by atoms with Gasteiger partial charge in [-0.1, -0.05) is 13.8 Å². The summed E-state index contributed by atoms with van der Waals surface area (Å²) in [5.74, 6) is 0.257. The van der Waals surface area contributed by atoms with Gasteiger partial charge < -0.3 is 20.9 Å². The molecule has 2 heterocycles. The molecule has 2 amide bonds. The van der Waals surface area contributed by atoms with Crippen LogP contribution in [-0.4, -0.2) is 60.4 Å². The van der Waals surface area contributed by atoms with Gasteiger partial charge in [0.15, 0.2) is 0 Å². The predicted octanol–water partition coefficient (Wildman–Crippen LogP) is 2.31. The molecule has 0 aromatic heterocycles. The molecule has 0 saturated carbocycles. The van der Waals surface area contributed by atoms with Crippen LogP contribution in [0, 0.1) is 23.6 Å². The van der Waals surface area contributed by atoms with Gasteiger partial charge >= 0.3 is 0 Å². The zero-order chi connectivity index (χ0) is 21.1. The van der Waals surface area contributed by atoms with E-state index in [-0.39, 0.29) is 29.5 Å². The van der Waals surface area contributed by atoms with Crippen molar-refractivity contribution in [1.82, 2.24) is 9.80 Å². The molecule has 6 nitrogen and oxygen atoms in total. The lowest BCUT2D eigenvalue weighted by Gasteiger charge is -2.38. The average Bonchev–Trinajstić information content (AvgIpc) is 3.10. The molecule has 160 valence electrons. The normalized spacial score (nSPS) is 24.7. The van der Waals surface area contributed by atoms with Crippen LogP contribution in [0.1, 0.15) is 33.1 Å². The Hall–Kier alpha value is -1.99. The van der Waals surface area contributed by atoms with Crippen molar-refractivity contribution in [3.05, 3.63) is 30.1 Å². The minimum atomic E-state index is -0.430. The van der Waals surface area contributed by atoms with Crippen LogP contribution in [0.2, 0.25) is 0 Å². The van der Waals surface area contributed by atoms with Gasteiger partial charge in [0.25, 0.3) is 0 Å². The Morgan fingerprint density at radius 2 is 1.79 bits per heavy atom. The van der Waals surface area contributed by atoms with E-state index < -0.39 is 6.04 Å². The van der Waals surface area contributed by atoms with Crippen LogP contribution in [0.25, 0.3) is 0 Å². The Balaban J connectivity index is 1.52. The Morgan fingerprint density at radius 3 is 2.38 bits per heavy atom. The highest BCUT2D eigenvalue weighted by Crippen LogP contribution is 2.33. The third-order valence-electron chi connectivity index (χ3n) is 6.48. The zero-order valence-corrected chi connectivity index (χ0v) is 17.6. The lowest BCUT2D eigenvalue weighted by Crippen LogP contribution is -2.50. The summed E-state index contributed by atoms with van der Waals surface area (Å²) >= 11 is 0. The Labute approximate surface area is 172 Å². The van der Waals surface area contributed by atoms with Crippen molar-refractivity contribution in [2.45, 2.75) is 45.2 Å². The quantitative estimate of drug-likeness (QED) is 0.789. The SMILES string of the molecule is CC(C)[C@H](N)C(=O)N1CCC([C@H]2C[C@@H](C(=O)Nc3ccc(F)cc3)CN2C)CC1. The van der Waals surface area contributed by atoms with E-state index in [1.54, 1.807) is 12.1 Å². The molecule has 29 heavy (non-hydrogen) atoms. The lowest BCUT2D eigenvalue weighted by atomic mass is 9.86. The van der Waals surface area contributed by atoms with Gasteiger partial charge in [-0.05, 0) is 62.4 Å². The molecule has 2 saturated heterocycles. The standard InChI is InChI=1S/C22H33FN4O2/c1-14(2)20(24)22(29)27-10-8-15(9-11-27)19-12-16(13-26(19)3)21(28)25-18-6-4-17(23)5-7-18/h4-7,14-16,19-20H,8-13,24H2,1-3H3,(H,25,28)/t16-,19-,20+/m1/s1. The number of rotatable bonds is 5. The summed E-state index contributed by atoms with van der Waals surface area (Å²) in [6, 6.07) is 5.77. The van der Waals surface area contributed by atoms with E-state index in [1.807, 2.05) is 18.7 Å². The van der Waals surface area contributed by atoms with E-state index in [0.29, 0.717) is 17.6 Å². The second kappa shape index (κ2) is 9.22. The largest absolute Gasteiger partial charge is 0.341 e. The number of hydrogen-bond acceptors (Lipinski definition) is 4. The highest BCUT2D eigenvalue weighted by molar-refractivity contribution is 5.92. The molecule has 0 unspecified atom stereocenters. The van der Waals surface area contributed by atoms with Gasteiger partial charge in [0.05, 0.1) is 12.0 Å². The summed E-state index contributed by atoms with van der Waals surface area (Å²) in [5.41, 5.74) is 6.65. The first kappa shape index (κ1) is 21.7. The topological polar surface area (TPSA) is 78.7 Å². The summed E-state index contributed by atoms with van der Waals surface area (Å²) < 4.78 is 13.0. The molecule has 0 spiro atoms. The number of halogens is 1. The van der Waals surface area contributed by atoms with Crippen LogP contribution >= 0.6 is 0 Å². The summed E-state index contributed by atoms with van der Waals surface area (Å²) in [6.07, 6.45) is 2.70. The maximum Gasteiger partial charge on any atom is 0.239 e. The number of benzene rings is 1. The summed E-state index contributed by atoms with van der Waals surface area (Å²) in [5, 5.41) is 2.90. The van der Waals surface area contributed by atoms with E-state index >= 15 is 0 Å². The molecule has 1 aromatic carbocycles. The minimum absolute atomic E-state index is 0.0125. The van der Waals surface area contributed by atoms with Crippen LogP contribution in [-0.2, 0) is 9.59 Å². The third-order valence-corrected chi connectivity index (χ3v) is 6.48. The lowest BCUT2D eigenvalue weighted by molar-refractivity contribution is -0.135. The Kier molecular flexibility index (Phi) is 6.90. The van der Waals surface area contributed by atoms with Crippen LogP contribution in [0.15, 0.2) is 24.3 Å². The number of carbonyl (C=O) groups excluding carboxylic acids is 2. The average molecular weight is 405 g/mol. The van der Waals surface area contributed by atoms with Gasteiger partial charge in [0.1, 0.15) is 5.82 Å². The number of nitrogens with one attached hydrogen (secondary N) is 1. The molecule has 0 aliphatic carbocycles. The zero-order valence-electron chi connectivity index (χ0n) is 17.6. The molecule has 3 atom stereocenters. The molecule has 3 N–H and O–H groups in total. The van der Waals surface area contributed by atoms with Crippen molar-refractivity contribution in [2.75, 3.05) is 32.0 Å². The fourth-order valence-corrected chi connectivity index (χ4v) is 4.55. The highest BCUT2D eigenvalue weighted by Gasteiger charge is 2.40. The number of nitrogens with zero attached hydrogens (tertiary/aromatic N) is 2. The first-order valence-electron chi connectivity index (χ1n) is 10.6. The van der Waals surface area contributed by atoms with Gasteiger partial charge in [-0.2, -0.15) is 0 Å². The smallest absolute Gasteiger partial charge is 0.239 e. The van der Waals surface area contributed by atoms with E-state index in [0.717, 1.165) is 38.9 Å². The summed E-state index contributed by atoms with van der Waals surface area (Å²) in [7, 11) is 2.07. The molecule has 2 fully saturated rings. The van der Waals surface area contributed by atoms with E-state index in [4.69, 9.17) is 5.73 Å². The molecular weight excluding hydrogens is 371 g/mol. The molecule has 2 aliphatic heterocycles. The summed E-state index contributed by atoms with van der Waals surface area (Å²) in [4.78, 5) is 29.3. The first-order valence-corrected chi connectivity index (χ1v) is 10.6. The third kappa shape index (κ3) is 5.14. The van der Waals surface area contributed by atoms with Gasteiger partial charge in [-0.3, -0.25) is 9.59 Å². The summed E-state index contributed by atoms with van der Waals surface area (Å²) in [6.45, 7) is 6.14. The van der Waals surface area contributed by atoms with E-state index in [2.05, 4.69) is 17.3 Å². The first-order chi connectivity index (χ1) is 13.8. The van der Waals surface area contributed by atoms with Gasteiger partial charge in [0.2, 0.25) is 11.8 Å². The van der Waals surface area contributed by atoms with Crippen LogP contribution in [0.4, 0.5) is 10.1 Å². The maximum absolute atomic E-state index is 13.0. The molecule has 3 rings (SSSR count). The van der Waals surface area contributed by atoms with Crippen molar-refractivity contribution in [3.63, 3.8) is 0 Å². The van der Waals surface area contributed by atoms with Gasteiger partial charge in [-0.25, -0.2) is 4.39 Å². The fraction of sp³-hybridized carbons (Fsp3) is 0.636. The molecule has 2 aliphatic rings. The Morgan fingerprint density at radius 1 is 1.17 bits per heavy atom. The number of nitrogens with two attached hydrogens (primary N) is 1. The second-order valence-corrected chi connectivity index (χ2v) is 8.87.